The molecule has 1 saturated carbocycles. The molecule has 0 bridgehead atoms. The summed E-state index contributed by atoms with van der Waals surface area (Å²) < 4.78 is 0. The predicted octanol–water partition coefficient (Wildman–Crippen LogP) is 5.64. The van der Waals surface area contributed by atoms with Crippen molar-refractivity contribution < 1.29 is 0 Å². The molecule has 0 aliphatic heterocycles. The fourth-order valence-electron chi connectivity index (χ4n) is 2.83. The Labute approximate surface area is 129 Å². The van der Waals surface area contributed by atoms with E-state index in [9.17, 15) is 0 Å². The van der Waals surface area contributed by atoms with Crippen LogP contribution in [0.5, 0.6) is 0 Å². The Balaban J connectivity index is 1.84. The summed E-state index contributed by atoms with van der Waals surface area (Å²) in [5.41, 5.74) is 4.43. The summed E-state index contributed by atoms with van der Waals surface area (Å²) in [6.45, 7) is 0. The minimum Gasteiger partial charge on any atom is -0.248 e. The summed E-state index contributed by atoms with van der Waals surface area (Å²) in [6.07, 6.45) is 4.56. The number of aromatic nitrogens is 1. The zero-order valence-corrected chi connectivity index (χ0v) is 12.3. The van der Waals surface area contributed by atoms with Crippen LogP contribution in [-0.2, 0) is 0 Å². The van der Waals surface area contributed by atoms with Gasteiger partial charge in [-0.05, 0) is 48.9 Å². The molecular formula is C19H15ClN. The van der Waals surface area contributed by atoms with E-state index in [-0.39, 0.29) is 0 Å². The van der Waals surface area contributed by atoms with E-state index in [1.165, 1.54) is 5.56 Å². The summed E-state index contributed by atoms with van der Waals surface area (Å²) in [7, 11) is 0. The van der Waals surface area contributed by atoms with Crippen molar-refractivity contribution in [3.8, 4) is 11.3 Å². The lowest BCUT2D eigenvalue weighted by Gasteiger charge is -2.26. The second kappa shape index (κ2) is 5.16. The van der Waals surface area contributed by atoms with Gasteiger partial charge in [-0.1, -0.05) is 48.0 Å². The highest BCUT2D eigenvalue weighted by Gasteiger charge is 2.22. The maximum absolute atomic E-state index is 6.43. The Morgan fingerprint density at radius 3 is 2.48 bits per heavy atom. The fourth-order valence-corrected chi connectivity index (χ4v) is 3.16. The van der Waals surface area contributed by atoms with E-state index < -0.39 is 0 Å². The highest BCUT2D eigenvalue weighted by atomic mass is 35.5. The van der Waals surface area contributed by atoms with Gasteiger partial charge in [-0.15, -0.1) is 0 Å². The smallest absolute Gasteiger partial charge is 0.0713 e. The third kappa shape index (κ3) is 2.32. The van der Waals surface area contributed by atoms with Gasteiger partial charge in [0.1, 0.15) is 0 Å². The quantitative estimate of drug-likeness (QED) is 0.596. The molecule has 0 N–H and O–H groups in total. The average molecular weight is 293 g/mol. The molecule has 21 heavy (non-hydrogen) atoms. The number of fused-ring (bicyclic) bond motifs is 1. The number of hydrogen-bond donors (Lipinski definition) is 0. The van der Waals surface area contributed by atoms with Gasteiger partial charge in [-0.3, -0.25) is 0 Å². The van der Waals surface area contributed by atoms with Gasteiger partial charge >= 0.3 is 0 Å². The maximum Gasteiger partial charge on any atom is 0.0713 e. The predicted molar refractivity (Wildman–Crippen MR) is 88.5 cm³/mol. The summed E-state index contributed by atoms with van der Waals surface area (Å²) >= 11 is 6.43. The summed E-state index contributed by atoms with van der Waals surface area (Å²) in [6, 6.07) is 18.7. The van der Waals surface area contributed by atoms with E-state index in [1.54, 1.807) is 0 Å². The van der Waals surface area contributed by atoms with Gasteiger partial charge in [0.25, 0.3) is 0 Å². The van der Waals surface area contributed by atoms with Gasteiger partial charge in [-0.25, -0.2) is 4.98 Å². The molecule has 1 aromatic heterocycles. The number of benzene rings is 2. The van der Waals surface area contributed by atoms with Crippen molar-refractivity contribution in [2.75, 3.05) is 0 Å². The molecule has 1 aliphatic rings. The highest BCUT2D eigenvalue weighted by Crippen LogP contribution is 2.40. The van der Waals surface area contributed by atoms with Gasteiger partial charge in [0.2, 0.25) is 0 Å². The molecule has 1 nitrogen and oxygen atoms in total. The number of nitrogens with zero attached hydrogens (tertiary/aromatic N) is 1. The van der Waals surface area contributed by atoms with Crippen molar-refractivity contribution in [3.63, 3.8) is 0 Å². The number of pyridine rings is 1. The number of rotatable bonds is 2. The molecule has 3 aromatic rings. The van der Waals surface area contributed by atoms with Crippen molar-refractivity contribution in [3.05, 3.63) is 71.6 Å². The zero-order valence-electron chi connectivity index (χ0n) is 11.6. The standard InChI is InChI=1S/C19H15ClN/c20-17-11-15-9-10-18(14-5-2-1-3-6-14)21-19(15)12-16(17)13-7-4-8-13/h1-6,9-13H,7-8H2. The Kier molecular flexibility index (Phi) is 3.16. The molecular weight excluding hydrogens is 278 g/mol. The van der Waals surface area contributed by atoms with E-state index in [4.69, 9.17) is 16.6 Å². The molecule has 1 radical (unpaired) electrons. The third-order valence-electron chi connectivity index (χ3n) is 4.22. The van der Waals surface area contributed by atoms with Crippen molar-refractivity contribution in [2.24, 2.45) is 0 Å². The van der Waals surface area contributed by atoms with Crippen LogP contribution in [0.4, 0.5) is 0 Å². The van der Waals surface area contributed by atoms with E-state index in [2.05, 4.69) is 36.8 Å². The normalized spacial score (nSPS) is 15.1. The van der Waals surface area contributed by atoms with Crippen LogP contribution in [0, 0.1) is 6.42 Å². The van der Waals surface area contributed by atoms with E-state index in [1.807, 2.05) is 24.3 Å². The number of halogens is 1. The Morgan fingerprint density at radius 2 is 1.76 bits per heavy atom. The minimum atomic E-state index is 0.573. The molecule has 2 heteroatoms. The van der Waals surface area contributed by atoms with Crippen LogP contribution in [0.3, 0.4) is 0 Å². The first-order chi connectivity index (χ1) is 10.3. The average Bonchev–Trinajstić information content (AvgIpc) is 2.47. The highest BCUT2D eigenvalue weighted by molar-refractivity contribution is 6.32. The van der Waals surface area contributed by atoms with Gasteiger partial charge < -0.3 is 0 Å². The summed E-state index contributed by atoms with van der Waals surface area (Å²) in [5, 5.41) is 1.97. The molecule has 0 atom stereocenters. The zero-order chi connectivity index (χ0) is 14.2. The molecule has 0 amide bonds. The monoisotopic (exact) mass is 292 g/mol. The first-order valence-electron chi connectivity index (χ1n) is 7.28. The number of hydrogen-bond acceptors (Lipinski definition) is 1. The second-order valence-corrected chi connectivity index (χ2v) is 5.99. The van der Waals surface area contributed by atoms with Crippen LogP contribution < -0.4 is 0 Å². The van der Waals surface area contributed by atoms with Crippen molar-refractivity contribution >= 4 is 22.5 Å². The molecule has 1 aliphatic carbocycles. The van der Waals surface area contributed by atoms with Crippen LogP contribution in [-0.4, -0.2) is 4.98 Å². The van der Waals surface area contributed by atoms with Crippen LogP contribution in [0.2, 0.25) is 5.02 Å². The molecule has 1 fully saturated rings. The molecule has 1 heterocycles. The minimum absolute atomic E-state index is 0.573. The summed E-state index contributed by atoms with van der Waals surface area (Å²) in [4.78, 5) is 4.82. The first-order valence-corrected chi connectivity index (χ1v) is 7.66. The SMILES string of the molecule is Clc1cc2ccc(-c3ccccc3)nc2cc1C1C[CH]C1. The van der Waals surface area contributed by atoms with Gasteiger partial charge in [0.15, 0.2) is 0 Å². The van der Waals surface area contributed by atoms with Crippen LogP contribution in [0.15, 0.2) is 54.6 Å². The fraction of sp³-hybridized carbons (Fsp3) is 0.158. The largest absolute Gasteiger partial charge is 0.248 e. The molecule has 0 unspecified atom stereocenters. The van der Waals surface area contributed by atoms with E-state index >= 15 is 0 Å². The maximum atomic E-state index is 6.43. The molecule has 0 saturated heterocycles. The lowest BCUT2D eigenvalue weighted by atomic mass is 9.80. The van der Waals surface area contributed by atoms with Crippen molar-refractivity contribution in [1.29, 1.82) is 0 Å². The van der Waals surface area contributed by atoms with Gasteiger partial charge in [0, 0.05) is 16.0 Å². The van der Waals surface area contributed by atoms with Gasteiger partial charge in [-0.2, -0.15) is 0 Å². The lowest BCUT2D eigenvalue weighted by molar-refractivity contribution is 0.541. The molecule has 4 rings (SSSR count). The first kappa shape index (κ1) is 12.8. The third-order valence-corrected chi connectivity index (χ3v) is 4.55. The lowest BCUT2D eigenvalue weighted by Crippen LogP contribution is -2.10. The van der Waals surface area contributed by atoms with Crippen LogP contribution in [0.25, 0.3) is 22.2 Å². The molecule has 103 valence electrons. The van der Waals surface area contributed by atoms with E-state index in [0.717, 1.165) is 40.0 Å². The van der Waals surface area contributed by atoms with Crippen molar-refractivity contribution in [1.82, 2.24) is 4.98 Å². The molecule has 2 aromatic carbocycles. The summed E-state index contributed by atoms with van der Waals surface area (Å²) in [5.74, 6) is 0.573. The Hall–Kier alpha value is -1.86. The van der Waals surface area contributed by atoms with Crippen molar-refractivity contribution in [2.45, 2.75) is 18.8 Å². The van der Waals surface area contributed by atoms with Crippen LogP contribution in [0.1, 0.15) is 24.3 Å². The van der Waals surface area contributed by atoms with Crippen LogP contribution >= 0.6 is 11.6 Å². The van der Waals surface area contributed by atoms with Gasteiger partial charge in [0.05, 0.1) is 11.2 Å². The Bertz CT molecular complexity index is 791. The topological polar surface area (TPSA) is 12.9 Å². The second-order valence-electron chi connectivity index (χ2n) is 5.59. The Morgan fingerprint density at radius 1 is 0.952 bits per heavy atom. The molecule has 0 spiro atoms. The van der Waals surface area contributed by atoms with E-state index in [0.29, 0.717) is 5.92 Å².